The van der Waals surface area contributed by atoms with Crippen molar-refractivity contribution in [3.63, 3.8) is 0 Å². The first-order chi connectivity index (χ1) is 8.51. The van der Waals surface area contributed by atoms with E-state index in [1.165, 1.54) is 15.3 Å². The maximum atomic E-state index is 4.54. The molecule has 2 heterocycles. The second-order valence-electron chi connectivity index (χ2n) is 4.73. The van der Waals surface area contributed by atoms with Crippen LogP contribution in [0.4, 0.5) is 5.95 Å². The number of anilines is 1. The third-order valence-electron chi connectivity index (χ3n) is 3.13. The van der Waals surface area contributed by atoms with E-state index in [0.29, 0.717) is 6.04 Å². The number of thiophene rings is 1. The van der Waals surface area contributed by atoms with Crippen molar-refractivity contribution in [2.45, 2.75) is 47.2 Å². The van der Waals surface area contributed by atoms with Gasteiger partial charge in [0.15, 0.2) is 0 Å². The molecule has 0 fully saturated rings. The lowest BCUT2D eigenvalue weighted by atomic mass is 10.1. The smallest absolute Gasteiger partial charge is 0.203 e. The number of rotatable bonds is 4. The van der Waals surface area contributed by atoms with E-state index in [1.807, 2.05) is 18.3 Å². The van der Waals surface area contributed by atoms with Gasteiger partial charge in [-0.15, -0.1) is 11.3 Å². The van der Waals surface area contributed by atoms with Crippen LogP contribution < -0.4 is 5.32 Å². The largest absolute Gasteiger partial charge is 0.349 e. The summed E-state index contributed by atoms with van der Waals surface area (Å²) < 4.78 is 2.15. The fourth-order valence-electron chi connectivity index (χ4n) is 2.25. The van der Waals surface area contributed by atoms with Crippen molar-refractivity contribution in [3.05, 3.63) is 33.3 Å². The predicted molar refractivity (Wildman–Crippen MR) is 78.5 cm³/mol. The molecule has 4 heteroatoms. The van der Waals surface area contributed by atoms with E-state index < -0.39 is 0 Å². The second kappa shape index (κ2) is 5.14. The molecule has 0 aromatic carbocycles. The standard InChI is InChI=1S/C14H21N3S/c1-6-17-8-9(2)15-14(17)16-11(4)13-7-10(3)18-12(13)5/h7-8,11H,6H2,1-5H3,(H,15,16). The Hall–Kier alpha value is -1.29. The number of hydrogen-bond donors (Lipinski definition) is 1. The van der Waals surface area contributed by atoms with Gasteiger partial charge in [0.1, 0.15) is 0 Å². The van der Waals surface area contributed by atoms with Crippen molar-refractivity contribution < 1.29 is 0 Å². The average Bonchev–Trinajstić information content (AvgIpc) is 2.81. The van der Waals surface area contributed by atoms with E-state index in [0.717, 1.165) is 18.2 Å². The van der Waals surface area contributed by atoms with Crippen LogP contribution in [0.2, 0.25) is 0 Å². The molecular formula is C14H21N3S. The van der Waals surface area contributed by atoms with Crippen LogP contribution in [-0.4, -0.2) is 9.55 Å². The summed E-state index contributed by atoms with van der Waals surface area (Å²) in [6.07, 6.45) is 2.08. The molecule has 2 rings (SSSR count). The van der Waals surface area contributed by atoms with Crippen LogP contribution in [0.3, 0.4) is 0 Å². The van der Waals surface area contributed by atoms with Gasteiger partial charge in [0.25, 0.3) is 0 Å². The molecule has 0 saturated carbocycles. The van der Waals surface area contributed by atoms with E-state index in [1.54, 1.807) is 0 Å². The average molecular weight is 263 g/mol. The first-order valence-corrected chi connectivity index (χ1v) is 7.20. The molecule has 1 atom stereocenters. The van der Waals surface area contributed by atoms with Gasteiger partial charge in [-0.05, 0) is 46.2 Å². The second-order valence-corrected chi connectivity index (χ2v) is 6.19. The molecule has 0 saturated heterocycles. The van der Waals surface area contributed by atoms with Crippen molar-refractivity contribution >= 4 is 17.3 Å². The molecule has 1 unspecified atom stereocenters. The normalized spacial score (nSPS) is 12.7. The number of hydrogen-bond acceptors (Lipinski definition) is 3. The zero-order valence-electron chi connectivity index (χ0n) is 11.7. The van der Waals surface area contributed by atoms with Crippen LogP contribution in [0.25, 0.3) is 0 Å². The SMILES string of the molecule is CCn1cc(C)nc1NC(C)c1cc(C)sc1C. The first kappa shape index (κ1) is 13.1. The number of nitrogens with one attached hydrogen (secondary N) is 1. The lowest BCUT2D eigenvalue weighted by Crippen LogP contribution is -2.11. The van der Waals surface area contributed by atoms with Crippen LogP contribution >= 0.6 is 11.3 Å². The number of aromatic nitrogens is 2. The van der Waals surface area contributed by atoms with Gasteiger partial charge in [-0.1, -0.05) is 0 Å². The molecule has 0 aliphatic rings. The zero-order valence-corrected chi connectivity index (χ0v) is 12.6. The Bertz CT molecular complexity index is 539. The Morgan fingerprint density at radius 1 is 1.39 bits per heavy atom. The number of aryl methyl sites for hydroxylation is 4. The van der Waals surface area contributed by atoms with Crippen molar-refractivity contribution in [2.75, 3.05) is 5.32 Å². The summed E-state index contributed by atoms with van der Waals surface area (Å²) in [4.78, 5) is 7.29. The zero-order chi connectivity index (χ0) is 13.3. The van der Waals surface area contributed by atoms with Gasteiger partial charge in [-0.3, -0.25) is 0 Å². The highest BCUT2D eigenvalue weighted by atomic mass is 32.1. The lowest BCUT2D eigenvalue weighted by Gasteiger charge is -2.15. The highest BCUT2D eigenvalue weighted by Crippen LogP contribution is 2.28. The van der Waals surface area contributed by atoms with E-state index >= 15 is 0 Å². The van der Waals surface area contributed by atoms with Gasteiger partial charge in [-0.25, -0.2) is 4.98 Å². The Labute approximate surface area is 113 Å². The van der Waals surface area contributed by atoms with Gasteiger partial charge in [0, 0.05) is 22.5 Å². The maximum Gasteiger partial charge on any atom is 0.203 e. The molecule has 0 bridgehead atoms. The molecule has 0 aliphatic heterocycles. The molecule has 1 N–H and O–H groups in total. The highest BCUT2D eigenvalue weighted by Gasteiger charge is 2.13. The first-order valence-electron chi connectivity index (χ1n) is 6.38. The van der Waals surface area contributed by atoms with Gasteiger partial charge in [-0.2, -0.15) is 0 Å². The summed E-state index contributed by atoms with van der Waals surface area (Å²) in [5, 5.41) is 3.51. The molecule has 0 radical (unpaired) electrons. The van der Waals surface area contributed by atoms with Crippen LogP contribution in [0.5, 0.6) is 0 Å². The molecule has 2 aromatic rings. The van der Waals surface area contributed by atoms with Crippen molar-refractivity contribution in [1.82, 2.24) is 9.55 Å². The summed E-state index contributed by atoms with van der Waals surface area (Å²) in [6, 6.07) is 2.56. The summed E-state index contributed by atoms with van der Waals surface area (Å²) in [5.74, 6) is 0.964. The minimum absolute atomic E-state index is 0.294. The molecule has 0 amide bonds. The molecule has 0 spiro atoms. The van der Waals surface area contributed by atoms with Crippen molar-refractivity contribution in [1.29, 1.82) is 0 Å². The molecular weight excluding hydrogens is 242 g/mol. The number of imidazole rings is 1. The Morgan fingerprint density at radius 2 is 2.11 bits per heavy atom. The Kier molecular flexibility index (Phi) is 3.76. The lowest BCUT2D eigenvalue weighted by molar-refractivity contribution is 0.743. The van der Waals surface area contributed by atoms with Gasteiger partial charge in [0.05, 0.1) is 11.7 Å². The summed E-state index contributed by atoms with van der Waals surface area (Å²) in [7, 11) is 0. The van der Waals surface area contributed by atoms with Gasteiger partial charge in [0.2, 0.25) is 5.95 Å². The summed E-state index contributed by atoms with van der Waals surface area (Å²) >= 11 is 1.86. The molecule has 98 valence electrons. The summed E-state index contributed by atoms with van der Waals surface area (Å²) in [6.45, 7) is 11.6. The minimum atomic E-state index is 0.294. The van der Waals surface area contributed by atoms with Crippen LogP contribution in [0.1, 0.15) is 40.9 Å². The fraction of sp³-hybridized carbons (Fsp3) is 0.500. The van der Waals surface area contributed by atoms with Crippen LogP contribution in [0, 0.1) is 20.8 Å². The minimum Gasteiger partial charge on any atom is -0.349 e. The van der Waals surface area contributed by atoms with Crippen LogP contribution in [0.15, 0.2) is 12.3 Å². The van der Waals surface area contributed by atoms with E-state index in [9.17, 15) is 0 Å². The van der Waals surface area contributed by atoms with E-state index in [4.69, 9.17) is 0 Å². The Balaban J connectivity index is 2.20. The van der Waals surface area contributed by atoms with Gasteiger partial charge >= 0.3 is 0 Å². The summed E-state index contributed by atoms with van der Waals surface area (Å²) in [5.41, 5.74) is 2.44. The highest BCUT2D eigenvalue weighted by molar-refractivity contribution is 7.12. The van der Waals surface area contributed by atoms with E-state index in [2.05, 4.69) is 54.8 Å². The molecule has 0 aliphatic carbocycles. The Morgan fingerprint density at radius 3 is 2.67 bits per heavy atom. The molecule has 3 nitrogen and oxygen atoms in total. The van der Waals surface area contributed by atoms with Gasteiger partial charge < -0.3 is 9.88 Å². The third-order valence-corrected chi connectivity index (χ3v) is 4.11. The third kappa shape index (κ3) is 2.58. The van der Waals surface area contributed by atoms with Crippen molar-refractivity contribution in [3.8, 4) is 0 Å². The topological polar surface area (TPSA) is 29.9 Å². The van der Waals surface area contributed by atoms with E-state index in [-0.39, 0.29) is 0 Å². The number of nitrogens with zero attached hydrogens (tertiary/aromatic N) is 2. The van der Waals surface area contributed by atoms with Crippen LogP contribution in [-0.2, 0) is 6.54 Å². The predicted octanol–water partition coefficient (Wildman–Crippen LogP) is 4.06. The quantitative estimate of drug-likeness (QED) is 0.901. The fourth-order valence-corrected chi connectivity index (χ4v) is 3.28. The maximum absolute atomic E-state index is 4.54. The monoisotopic (exact) mass is 263 g/mol. The van der Waals surface area contributed by atoms with Crippen molar-refractivity contribution in [2.24, 2.45) is 0 Å². The molecule has 18 heavy (non-hydrogen) atoms. The molecule has 2 aromatic heterocycles.